The molecular weight excluding hydrogens is 242 g/mol. The zero-order chi connectivity index (χ0) is 13.9. The maximum Gasteiger partial charge on any atom is 0.230 e. The molecule has 0 spiro atoms. The minimum atomic E-state index is -0.412. The van der Waals surface area contributed by atoms with Crippen LogP contribution in [0, 0.1) is 5.41 Å². The van der Waals surface area contributed by atoms with Crippen molar-refractivity contribution in [2.75, 3.05) is 36.5 Å². The number of amides is 1. The molecule has 104 valence electrons. The number of pyridine rings is 1. The van der Waals surface area contributed by atoms with Gasteiger partial charge in [-0.2, -0.15) is 0 Å². The van der Waals surface area contributed by atoms with Crippen LogP contribution in [-0.4, -0.2) is 37.2 Å². The summed E-state index contributed by atoms with van der Waals surface area (Å²) in [6.07, 6.45) is 1.80. The summed E-state index contributed by atoms with van der Waals surface area (Å²) in [6.45, 7) is 8.91. The van der Waals surface area contributed by atoms with Crippen molar-refractivity contribution in [2.45, 2.75) is 20.8 Å². The molecular formula is C14H21N3O2. The number of carbonyl (C=O) groups excluding carboxylic acids is 1. The Labute approximate surface area is 114 Å². The molecule has 1 aromatic heterocycles. The van der Waals surface area contributed by atoms with Gasteiger partial charge in [0.05, 0.1) is 25.1 Å². The van der Waals surface area contributed by atoms with Crippen LogP contribution in [0.1, 0.15) is 20.8 Å². The molecule has 1 fully saturated rings. The van der Waals surface area contributed by atoms with Crippen molar-refractivity contribution in [1.82, 2.24) is 4.98 Å². The van der Waals surface area contributed by atoms with Gasteiger partial charge in [0.1, 0.15) is 5.82 Å². The second-order valence-corrected chi connectivity index (χ2v) is 5.71. The van der Waals surface area contributed by atoms with Crippen LogP contribution in [0.5, 0.6) is 0 Å². The van der Waals surface area contributed by atoms with E-state index in [2.05, 4.69) is 15.2 Å². The maximum atomic E-state index is 11.8. The number of nitrogens with zero attached hydrogens (tertiary/aromatic N) is 2. The first-order valence-corrected chi connectivity index (χ1v) is 6.57. The van der Waals surface area contributed by atoms with Crippen molar-refractivity contribution in [3.63, 3.8) is 0 Å². The standard InChI is InChI=1S/C14H21N3O2/c1-14(2,3)13(18)16-12-5-4-11(10-15-12)17-6-8-19-9-7-17/h4-5,10H,6-9H2,1-3H3,(H,15,16,18). The molecule has 0 atom stereocenters. The fourth-order valence-corrected chi connectivity index (χ4v) is 1.77. The van der Waals surface area contributed by atoms with E-state index in [4.69, 9.17) is 4.74 Å². The zero-order valence-corrected chi connectivity index (χ0v) is 11.8. The van der Waals surface area contributed by atoms with Crippen LogP contribution in [-0.2, 0) is 9.53 Å². The lowest BCUT2D eigenvalue weighted by atomic mass is 9.96. The highest BCUT2D eigenvalue weighted by atomic mass is 16.5. The Morgan fingerprint density at radius 3 is 2.53 bits per heavy atom. The molecule has 0 bridgehead atoms. The number of morpholine rings is 1. The molecule has 0 unspecified atom stereocenters. The van der Waals surface area contributed by atoms with Gasteiger partial charge in [0.2, 0.25) is 5.91 Å². The third kappa shape index (κ3) is 3.67. The smallest absolute Gasteiger partial charge is 0.230 e. The van der Waals surface area contributed by atoms with E-state index in [9.17, 15) is 4.79 Å². The van der Waals surface area contributed by atoms with Crippen LogP contribution in [0.25, 0.3) is 0 Å². The summed E-state index contributed by atoms with van der Waals surface area (Å²) < 4.78 is 5.32. The topological polar surface area (TPSA) is 54.5 Å². The number of rotatable bonds is 2. The Hall–Kier alpha value is -1.62. The molecule has 19 heavy (non-hydrogen) atoms. The minimum Gasteiger partial charge on any atom is -0.378 e. The summed E-state index contributed by atoms with van der Waals surface area (Å²) in [4.78, 5) is 18.4. The van der Waals surface area contributed by atoms with Gasteiger partial charge in [-0.05, 0) is 12.1 Å². The summed E-state index contributed by atoms with van der Waals surface area (Å²) in [5, 5.41) is 2.82. The lowest BCUT2D eigenvalue weighted by Crippen LogP contribution is -2.36. The molecule has 1 aliphatic rings. The van der Waals surface area contributed by atoms with Gasteiger partial charge < -0.3 is 15.0 Å². The number of carbonyl (C=O) groups is 1. The van der Waals surface area contributed by atoms with E-state index in [0.717, 1.165) is 32.0 Å². The van der Waals surface area contributed by atoms with Gasteiger partial charge >= 0.3 is 0 Å². The number of anilines is 2. The van der Waals surface area contributed by atoms with Gasteiger partial charge in [0.15, 0.2) is 0 Å². The number of aromatic nitrogens is 1. The zero-order valence-electron chi connectivity index (χ0n) is 11.8. The van der Waals surface area contributed by atoms with E-state index in [1.807, 2.05) is 32.9 Å². The number of hydrogen-bond acceptors (Lipinski definition) is 4. The predicted octanol–water partition coefficient (Wildman–Crippen LogP) is 1.90. The van der Waals surface area contributed by atoms with Gasteiger partial charge in [0, 0.05) is 18.5 Å². The third-order valence-corrected chi connectivity index (χ3v) is 3.05. The lowest BCUT2D eigenvalue weighted by Gasteiger charge is -2.28. The summed E-state index contributed by atoms with van der Waals surface area (Å²) >= 11 is 0. The summed E-state index contributed by atoms with van der Waals surface area (Å²) in [5.41, 5.74) is 0.655. The second-order valence-electron chi connectivity index (χ2n) is 5.71. The third-order valence-electron chi connectivity index (χ3n) is 3.05. The number of nitrogens with one attached hydrogen (secondary N) is 1. The van der Waals surface area contributed by atoms with Crippen molar-refractivity contribution in [3.05, 3.63) is 18.3 Å². The van der Waals surface area contributed by atoms with E-state index in [0.29, 0.717) is 5.82 Å². The van der Waals surface area contributed by atoms with Gasteiger partial charge in [-0.3, -0.25) is 4.79 Å². The fraction of sp³-hybridized carbons (Fsp3) is 0.571. The average Bonchev–Trinajstić information content (AvgIpc) is 2.39. The Morgan fingerprint density at radius 1 is 1.32 bits per heavy atom. The molecule has 1 amide bonds. The molecule has 1 aliphatic heterocycles. The van der Waals surface area contributed by atoms with Crippen LogP contribution in [0.3, 0.4) is 0 Å². The highest BCUT2D eigenvalue weighted by Gasteiger charge is 2.21. The fourth-order valence-electron chi connectivity index (χ4n) is 1.77. The number of ether oxygens (including phenoxy) is 1. The van der Waals surface area contributed by atoms with E-state index in [-0.39, 0.29) is 5.91 Å². The molecule has 1 aromatic rings. The average molecular weight is 263 g/mol. The van der Waals surface area contributed by atoms with Crippen molar-refractivity contribution in [1.29, 1.82) is 0 Å². The molecule has 5 heteroatoms. The Morgan fingerprint density at radius 2 is 2.00 bits per heavy atom. The first-order valence-electron chi connectivity index (χ1n) is 6.57. The molecule has 1 N–H and O–H groups in total. The van der Waals surface area contributed by atoms with Gasteiger partial charge in [-0.15, -0.1) is 0 Å². The van der Waals surface area contributed by atoms with Crippen molar-refractivity contribution in [2.24, 2.45) is 5.41 Å². The quantitative estimate of drug-likeness (QED) is 0.885. The molecule has 0 radical (unpaired) electrons. The van der Waals surface area contributed by atoms with E-state index in [1.165, 1.54) is 0 Å². The summed E-state index contributed by atoms with van der Waals surface area (Å²) in [7, 11) is 0. The first kappa shape index (κ1) is 13.8. The lowest BCUT2D eigenvalue weighted by molar-refractivity contribution is -0.123. The van der Waals surface area contributed by atoms with Crippen LogP contribution in [0.4, 0.5) is 11.5 Å². The molecule has 0 aromatic carbocycles. The normalized spacial score (nSPS) is 16.3. The SMILES string of the molecule is CC(C)(C)C(=O)Nc1ccc(N2CCOCC2)cn1. The number of hydrogen-bond donors (Lipinski definition) is 1. The van der Waals surface area contributed by atoms with Crippen LogP contribution in [0.2, 0.25) is 0 Å². The molecule has 0 saturated carbocycles. The maximum absolute atomic E-state index is 11.8. The molecule has 1 saturated heterocycles. The second kappa shape index (κ2) is 5.57. The van der Waals surface area contributed by atoms with Crippen molar-refractivity contribution >= 4 is 17.4 Å². The van der Waals surface area contributed by atoms with E-state index in [1.54, 1.807) is 6.20 Å². The molecule has 5 nitrogen and oxygen atoms in total. The molecule has 0 aliphatic carbocycles. The van der Waals surface area contributed by atoms with Crippen molar-refractivity contribution in [3.8, 4) is 0 Å². The van der Waals surface area contributed by atoms with Crippen LogP contribution in [0.15, 0.2) is 18.3 Å². The first-order chi connectivity index (χ1) is 8.97. The van der Waals surface area contributed by atoms with E-state index < -0.39 is 5.41 Å². The van der Waals surface area contributed by atoms with E-state index >= 15 is 0 Å². The Bertz CT molecular complexity index is 431. The molecule has 2 heterocycles. The minimum absolute atomic E-state index is 0.0286. The molecule has 2 rings (SSSR count). The van der Waals surface area contributed by atoms with Gasteiger partial charge in [-0.1, -0.05) is 20.8 Å². The summed E-state index contributed by atoms with van der Waals surface area (Å²) in [5.74, 6) is 0.566. The highest BCUT2D eigenvalue weighted by molar-refractivity contribution is 5.93. The van der Waals surface area contributed by atoms with Crippen LogP contribution < -0.4 is 10.2 Å². The Balaban J connectivity index is 2.00. The highest BCUT2D eigenvalue weighted by Crippen LogP contribution is 2.19. The van der Waals surface area contributed by atoms with Gasteiger partial charge in [0.25, 0.3) is 0 Å². The van der Waals surface area contributed by atoms with Gasteiger partial charge in [-0.25, -0.2) is 4.98 Å². The van der Waals surface area contributed by atoms with Crippen LogP contribution >= 0.6 is 0 Å². The monoisotopic (exact) mass is 263 g/mol. The van der Waals surface area contributed by atoms with Crippen molar-refractivity contribution < 1.29 is 9.53 Å². The largest absolute Gasteiger partial charge is 0.378 e. The predicted molar refractivity (Wildman–Crippen MR) is 75.4 cm³/mol. The summed E-state index contributed by atoms with van der Waals surface area (Å²) in [6, 6.07) is 3.82. The Kier molecular flexibility index (Phi) is 4.04.